The lowest BCUT2D eigenvalue weighted by molar-refractivity contribution is 0.102. The van der Waals surface area contributed by atoms with Crippen LogP contribution in [0.1, 0.15) is 16.1 Å². The summed E-state index contributed by atoms with van der Waals surface area (Å²) in [5, 5.41) is 16.1. The highest BCUT2D eigenvalue weighted by atomic mass is 32.2. The lowest BCUT2D eigenvalue weighted by atomic mass is 10.2. The molecule has 0 aliphatic heterocycles. The average molecular weight is 391 g/mol. The molecule has 1 amide bonds. The Morgan fingerprint density at radius 3 is 2.64 bits per heavy atom. The van der Waals surface area contributed by atoms with Crippen LogP contribution in [0.15, 0.2) is 71.9 Å². The first-order chi connectivity index (χ1) is 13.5. The molecule has 4 rings (SSSR count). The SMILES string of the molecule is N#Cc1ccc(NC(=O)c2ccn(S(=O)(=O)c3ccc4[nH]ccc4c3)n2)cc1. The van der Waals surface area contributed by atoms with Gasteiger partial charge in [0.25, 0.3) is 15.9 Å². The molecule has 8 nitrogen and oxygen atoms in total. The molecule has 0 spiro atoms. The zero-order valence-electron chi connectivity index (χ0n) is 14.3. The number of carbonyl (C=O) groups excluding carboxylic acids is 1. The summed E-state index contributed by atoms with van der Waals surface area (Å²) in [6.45, 7) is 0. The van der Waals surface area contributed by atoms with Crippen molar-refractivity contribution < 1.29 is 13.2 Å². The third-order valence-corrected chi connectivity index (χ3v) is 5.69. The predicted octanol–water partition coefficient (Wildman–Crippen LogP) is 2.73. The van der Waals surface area contributed by atoms with E-state index in [9.17, 15) is 13.2 Å². The minimum atomic E-state index is -3.93. The van der Waals surface area contributed by atoms with E-state index in [1.807, 2.05) is 6.07 Å². The first-order valence-electron chi connectivity index (χ1n) is 8.17. The van der Waals surface area contributed by atoms with E-state index in [2.05, 4.69) is 15.4 Å². The van der Waals surface area contributed by atoms with Crippen LogP contribution in [-0.4, -0.2) is 28.5 Å². The molecule has 0 fully saturated rings. The van der Waals surface area contributed by atoms with Gasteiger partial charge in [-0.2, -0.15) is 22.9 Å². The number of H-pyrrole nitrogens is 1. The molecular formula is C19H13N5O3S. The molecular weight excluding hydrogens is 378 g/mol. The molecule has 4 aromatic rings. The van der Waals surface area contributed by atoms with Crippen molar-refractivity contribution in [3.8, 4) is 6.07 Å². The number of hydrogen-bond donors (Lipinski definition) is 2. The van der Waals surface area contributed by atoms with Crippen LogP contribution < -0.4 is 5.32 Å². The Labute approximate surface area is 160 Å². The number of amides is 1. The molecule has 2 heterocycles. The molecule has 0 aliphatic carbocycles. The fourth-order valence-corrected chi connectivity index (χ4v) is 3.83. The van der Waals surface area contributed by atoms with Crippen LogP contribution >= 0.6 is 0 Å². The smallest absolute Gasteiger partial charge is 0.282 e. The van der Waals surface area contributed by atoms with Gasteiger partial charge in [0.1, 0.15) is 0 Å². The van der Waals surface area contributed by atoms with Gasteiger partial charge in [0, 0.05) is 29.0 Å². The molecule has 9 heteroatoms. The van der Waals surface area contributed by atoms with E-state index in [-0.39, 0.29) is 10.6 Å². The Bertz CT molecular complexity index is 1330. The Balaban J connectivity index is 1.58. The fourth-order valence-electron chi connectivity index (χ4n) is 2.69. The molecule has 2 aromatic carbocycles. The topological polar surface area (TPSA) is 121 Å². The lowest BCUT2D eigenvalue weighted by Gasteiger charge is -2.05. The molecule has 0 aliphatic rings. The maximum Gasteiger partial charge on any atom is 0.282 e. The van der Waals surface area contributed by atoms with Crippen molar-refractivity contribution in [1.82, 2.24) is 14.2 Å². The molecule has 0 bridgehead atoms. The minimum Gasteiger partial charge on any atom is -0.361 e. The number of nitrogens with zero attached hydrogens (tertiary/aromatic N) is 3. The largest absolute Gasteiger partial charge is 0.361 e. The Hall–Kier alpha value is -3.90. The Morgan fingerprint density at radius 1 is 1.11 bits per heavy atom. The second kappa shape index (κ2) is 6.68. The van der Waals surface area contributed by atoms with Crippen molar-refractivity contribution in [2.45, 2.75) is 4.90 Å². The lowest BCUT2D eigenvalue weighted by Crippen LogP contribution is -2.17. The number of fused-ring (bicyclic) bond motifs is 1. The Morgan fingerprint density at radius 2 is 1.89 bits per heavy atom. The van der Waals surface area contributed by atoms with Crippen LogP contribution in [0, 0.1) is 11.3 Å². The number of aromatic nitrogens is 3. The molecule has 0 atom stereocenters. The highest BCUT2D eigenvalue weighted by molar-refractivity contribution is 7.89. The summed E-state index contributed by atoms with van der Waals surface area (Å²) in [6, 6.07) is 16.1. The highest BCUT2D eigenvalue weighted by Crippen LogP contribution is 2.20. The number of benzene rings is 2. The van der Waals surface area contributed by atoms with Crippen molar-refractivity contribution in [1.29, 1.82) is 5.26 Å². The van der Waals surface area contributed by atoms with E-state index in [4.69, 9.17) is 5.26 Å². The summed E-state index contributed by atoms with van der Waals surface area (Å²) in [5.74, 6) is -0.556. The molecule has 2 aromatic heterocycles. The maximum absolute atomic E-state index is 12.8. The van der Waals surface area contributed by atoms with Gasteiger partial charge in [0.15, 0.2) is 5.69 Å². The summed E-state index contributed by atoms with van der Waals surface area (Å²) in [4.78, 5) is 15.4. The summed E-state index contributed by atoms with van der Waals surface area (Å²) < 4.78 is 26.4. The van der Waals surface area contributed by atoms with Crippen molar-refractivity contribution in [2.24, 2.45) is 0 Å². The highest BCUT2D eigenvalue weighted by Gasteiger charge is 2.20. The first-order valence-corrected chi connectivity index (χ1v) is 9.61. The predicted molar refractivity (Wildman–Crippen MR) is 102 cm³/mol. The van der Waals surface area contributed by atoms with Crippen LogP contribution in [0.5, 0.6) is 0 Å². The van der Waals surface area contributed by atoms with Crippen LogP contribution in [0.2, 0.25) is 0 Å². The fraction of sp³-hybridized carbons (Fsp3) is 0. The second-order valence-electron chi connectivity index (χ2n) is 5.95. The maximum atomic E-state index is 12.8. The van der Waals surface area contributed by atoms with Gasteiger partial charge in [0.2, 0.25) is 0 Å². The molecule has 0 saturated heterocycles. The molecule has 0 saturated carbocycles. The standard InChI is InChI=1S/C19H13N5O3S/c20-12-13-1-3-15(4-2-13)22-19(25)18-8-10-24(23-18)28(26,27)16-5-6-17-14(11-16)7-9-21-17/h1-11,21H,(H,22,25). The van der Waals surface area contributed by atoms with E-state index < -0.39 is 15.9 Å². The van der Waals surface area contributed by atoms with E-state index >= 15 is 0 Å². The van der Waals surface area contributed by atoms with E-state index in [1.165, 1.54) is 18.3 Å². The van der Waals surface area contributed by atoms with Crippen LogP contribution in [0.25, 0.3) is 10.9 Å². The van der Waals surface area contributed by atoms with Gasteiger partial charge < -0.3 is 10.3 Å². The van der Waals surface area contributed by atoms with Crippen molar-refractivity contribution in [3.63, 3.8) is 0 Å². The van der Waals surface area contributed by atoms with Crippen LogP contribution in [0.3, 0.4) is 0 Å². The quantitative estimate of drug-likeness (QED) is 0.554. The monoisotopic (exact) mass is 391 g/mol. The van der Waals surface area contributed by atoms with Crippen LogP contribution in [-0.2, 0) is 10.0 Å². The van der Waals surface area contributed by atoms with Crippen molar-refractivity contribution >= 4 is 32.5 Å². The normalized spacial score (nSPS) is 11.2. The molecule has 0 unspecified atom stereocenters. The first kappa shape index (κ1) is 17.5. The van der Waals surface area contributed by atoms with Gasteiger partial charge in [-0.05, 0) is 54.6 Å². The number of nitrogens with one attached hydrogen (secondary N) is 2. The zero-order chi connectivity index (χ0) is 19.7. The summed E-state index contributed by atoms with van der Waals surface area (Å²) in [5.41, 5.74) is 1.71. The summed E-state index contributed by atoms with van der Waals surface area (Å²) in [7, 11) is -3.93. The van der Waals surface area contributed by atoms with Crippen molar-refractivity contribution in [2.75, 3.05) is 5.32 Å². The third-order valence-electron chi connectivity index (χ3n) is 4.14. The minimum absolute atomic E-state index is 0.0457. The number of hydrogen-bond acceptors (Lipinski definition) is 5. The van der Waals surface area contributed by atoms with E-state index in [1.54, 1.807) is 48.7 Å². The zero-order valence-corrected chi connectivity index (χ0v) is 15.1. The molecule has 28 heavy (non-hydrogen) atoms. The molecule has 0 radical (unpaired) electrons. The van der Waals surface area contributed by atoms with Gasteiger partial charge in [-0.3, -0.25) is 4.79 Å². The van der Waals surface area contributed by atoms with Crippen molar-refractivity contribution in [3.05, 3.63) is 78.2 Å². The second-order valence-corrected chi connectivity index (χ2v) is 7.74. The average Bonchev–Trinajstić information content (AvgIpc) is 3.38. The van der Waals surface area contributed by atoms with E-state index in [0.29, 0.717) is 11.3 Å². The Kier molecular flexibility index (Phi) is 4.18. The van der Waals surface area contributed by atoms with Gasteiger partial charge in [-0.15, -0.1) is 0 Å². The summed E-state index contributed by atoms with van der Waals surface area (Å²) >= 11 is 0. The van der Waals surface area contributed by atoms with Gasteiger partial charge in [-0.1, -0.05) is 0 Å². The summed E-state index contributed by atoms with van der Waals surface area (Å²) in [6.07, 6.45) is 2.95. The molecule has 2 N–H and O–H groups in total. The van der Waals surface area contributed by atoms with Gasteiger partial charge in [0.05, 0.1) is 16.5 Å². The number of rotatable bonds is 4. The number of carbonyl (C=O) groups is 1. The van der Waals surface area contributed by atoms with E-state index in [0.717, 1.165) is 15.0 Å². The van der Waals surface area contributed by atoms with Crippen LogP contribution in [0.4, 0.5) is 5.69 Å². The number of anilines is 1. The molecule has 138 valence electrons. The number of nitriles is 1. The third kappa shape index (κ3) is 3.13. The van der Waals surface area contributed by atoms with Gasteiger partial charge in [-0.25, -0.2) is 0 Å². The van der Waals surface area contributed by atoms with Gasteiger partial charge >= 0.3 is 0 Å². The number of aromatic amines is 1.